The molecule has 1 fully saturated rings. The molecule has 0 radical (unpaired) electrons. The predicted molar refractivity (Wildman–Crippen MR) is 134 cm³/mol. The van der Waals surface area contributed by atoms with Crippen LogP contribution in [0.5, 0.6) is 0 Å². The van der Waals surface area contributed by atoms with E-state index in [4.69, 9.17) is 5.73 Å². The number of nitrogens with one attached hydrogen (secondary N) is 1. The summed E-state index contributed by atoms with van der Waals surface area (Å²) >= 11 is 0. The number of primary amides is 1. The van der Waals surface area contributed by atoms with Gasteiger partial charge in [-0.25, -0.2) is 4.98 Å². The van der Waals surface area contributed by atoms with Crippen LogP contribution in [0.1, 0.15) is 59.2 Å². The second-order valence-corrected chi connectivity index (χ2v) is 8.98. The van der Waals surface area contributed by atoms with E-state index in [0.717, 1.165) is 25.7 Å². The number of fused-ring (bicyclic) bond motifs is 1. The molecular formula is C25H28N6O5. The number of non-ortho nitro benzene ring substituents is 1. The van der Waals surface area contributed by atoms with Crippen molar-refractivity contribution in [2.24, 2.45) is 5.73 Å². The molecule has 2 aromatic carbocycles. The lowest BCUT2D eigenvalue weighted by Gasteiger charge is -2.31. The van der Waals surface area contributed by atoms with E-state index < -0.39 is 16.7 Å². The Balaban J connectivity index is 1.64. The van der Waals surface area contributed by atoms with Crippen molar-refractivity contribution < 1.29 is 19.3 Å². The van der Waals surface area contributed by atoms with E-state index in [9.17, 15) is 24.5 Å². The molecule has 1 aromatic heterocycles. The molecule has 3 amide bonds. The van der Waals surface area contributed by atoms with Gasteiger partial charge in [0.25, 0.3) is 17.5 Å². The van der Waals surface area contributed by atoms with Gasteiger partial charge in [0, 0.05) is 49.3 Å². The first-order valence-electron chi connectivity index (χ1n) is 11.9. The number of nitrogens with two attached hydrogens (primary N) is 1. The Kier molecular flexibility index (Phi) is 7.28. The first-order chi connectivity index (χ1) is 17.2. The summed E-state index contributed by atoms with van der Waals surface area (Å²) in [4.78, 5) is 54.2. The van der Waals surface area contributed by atoms with Gasteiger partial charge in [0.1, 0.15) is 0 Å². The molecule has 0 spiro atoms. The van der Waals surface area contributed by atoms with E-state index in [2.05, 4.69) is 10.3 Å². The third-order valence-corrected chi connectivity index (χ3v) is 6.56. The van der Waals surface area contributed by atoms with Crippen LogP contribution in [-0.2, 0) is 11.3 Å². The number of hydrogen-bond acceptors (Lipinski definition) is 6. The van der Waals surface area contributed by atoms with Crippen LogP contribution in [-0.4, -0.2) is 50.2 Å². The second-order valence-electron chi connectivity index (χ2n) is 8.98. The molecule has 188 valence electrons. The van der Waals surface area contributed by atoms with Crippen LogP contribution >= 0.6 is 0 Å². The Hall–Kier alpha value is -4.28. The van der Waals surface area contributed by atoms with Gasteiger partial charge in [-0.05, 0) is 37.1 Å². The van der Waals surface area contributed by atoms with Crippen LogP contribution in [0.3, 0.4) is 0 Å². The van der Waals surface area contributed by atoms with Gasteiger partial charge in [0.15, 0.2) is 0 Å². The van der Waals surface area contributed by atoms with Crippen molar-refractivity contribution in [3.8, 4) is 0 Å². The molecule has 1 aliphatic rings. The number of hydrogen-bond donors (Lipinski definition) is 2. The van der Waals surface area contributed by atoms with Crippen LogP contribution in [0.15, 0.2) is 42.5 Å². The molecule has 0 saturated heterocycles. The number of nitrogens with zero attached hydrogens (tertiary/aromatic N) is 4. The van der Waals surface area contributed by atoms with Crippen molar-refractivity contribution in [2.45, 2.75) is 51.1 Å². The molecule has 1 aliphatic carbocycles. The van der Waals surface area contributed by atoms with Crippen LogP contribution in [0.4, 0.5) is 11.6 Å². The summed E-state index contributed by atoms with van der Waals surface area (Å²) in [5.74, 6) is -1.07. The Labute approximate surface area is 207 Å². The Morgan fingerprint density at radius 2 is 1.89 bits per heavy atom. The molecule has 0 bridgehead atoms. The molecule has 1 heterocycles. The van der Waals surface area contributed by atoms with E-state index in [1.54, 1.807) is 27.7 Å². The standard InChI is InChI=1S/C25H28N6O5/c1-29(18-7-3-2-4-8-18)24(34)17-10-11-21-20(15-17)27-25(30(21)13-12-22(26)32)28-23(33)16-6-5-9-19(14-16)31(35)36/h5-6,9-11,14-15,18H,2-4,7-8,12-13H2,1H3,(H2,26,32)(H,27,28,33). The molecule has 11 heteroatoms. The molecule has 36 heavy (non-hydrogen) atoms. The predicted octanol–water partition coefficient (Wildman–Crippen LogP) is 3.48. The zero-order valence-electron chi connectivity index (χ0n) is 20.0. The van der Waals surface area contributed by atoms with E-state index in [1.807, 2.05) is 7.05 Å². The molecule has 4 rings (SSSR count). The molecule has 0 atom stereocenters. The summed E-state index contributed by atoms with van der Waals surface area (Å²) in [7, 11) is 1.82. The third-order valence-electron chi connectivity index (χ3n) is 6.56. The average molecular weight is 493 g/mol. The number of aromatic nitrogens is 2. The maximum absolute atomic E-state index is 13.1. The van der Waals surface area contributed by atoms with Gasteiger partial charge in [-0.3, -0.25) is 29.8 Å². The number of nitro groups is 1. The number of rotatable bonds is 8. The highest BCUT2D eigenvalue weighted by Crippen LogP contribution is 2.26. The SMILES string of the molecule is CN(C(=O)c1ccc2c(c1)nc(NC(=O)c1cccc([N+](=O)[O-])c1)n2CCC(N)=O)C1CCCCC1. The number of amides is 3. The zero-order valence-corrected chi connectivity index (χ0v) is 20.0. The minimum atomic E-state index is -0.595. The van der Waals surface area contributed by atoms with Crippen molar-refractivity contribution >= 4 is 40.4 Å². The van der Waals surface area contributed by atoms with Crippen molar-refractivity contribution in [2.75, 3.05) is 12.4 Å². The quantitative estimate of drug-likeness (QED) is 0.362. The summed E-state index contributed by atoms with van der Waals surface area (Å²) in [6.45, 7) is 0.158. The van der Waals surface area contributed by atoms with Gasteiger partial charge in [-0.15, -0.1) is 0 Å². The Morgan fingerprint density at radius 1 is 1.14 bits per heavy atom. The Bertz CT molecular complexity index is 1330. The highest BCUT2D eigenvalue weighted by Gasteiger charge is 2.24. The molecule has 1 saturated carbocycles. The van der Waals surface area contributed by atoms with Crippen LogP contribution in [0.2, 0.25) is 0 Å². The Morgan fingerprint density at radius 3 is 2.58 bits per heavy atom. The number of anilines is 1. The molecule has 3 N–H and O–H groups in total. The molecule has 11 nitrogen and oxygen atoms in total. The maximum atomic E-state index is 13.1. The van der Waals surface area contributed by atoms with E-state index in [-0.39, 0.29) is 42.1 Å². The monoisotopic (exact) mass is 492 g/mol. The van der Waals surface area contributed by atoms with E-state index in [1.165, 1.54) is 30.7 Å². The number of carbonyl (C=O) groups excluding carboxylic acids is 3. The topological polar surface area (TPSA) is 153 Å². The fourth-order valence-electron chi connectivity index (χ4n) is 4.58. The summed E-state index contributed by atoms with van der Waals surface area (Å²) in [6, 6.07) is 10.7. The van der Waals surface area contributed by atoms with E-state index >= 15 is 0 Å². The summed E-state index contributed by atoms with van der Waals surface area (Å²) in [5, 5.41) is 13.7. The summed E-state index contributed by atoms with van der Waals surface area (Å²) in [5.41, 5.74) is 6.77. The highest BCUT2D eigenvalue weighted by atomic mass is 16.6. The van der Waals surface area contributed by atoms with Gasteiger partial charge < -0.3 is 15.2 Å². The average Bonchev–Trinajstić information content (AvgIpc) is 3.22. The number of nitro benzene ring substituents is 1. The smallest absolute Gasteiger partial charge is 0.270 e. The minimum Gasteiger partial charge on any atom is -0.370 e. The number of aryl methyl sites for hydroxylation is 1. The minimum absolute atomic E-state index is 0.0102. The molecule has 0 unspecified atom stereocenters. The number of carbonyl (C=O) groups is 3. The second kappa shape index (κ2) is 10.5. The van der Waals surface area contributed by atoms with Gasteiger partial charge in [-0.1, -0.05) is 25.3 Å². The number of benzene rings is 2. The van der Waals surface area contributed by atoms with Gasteiger partial charge in [-0.2, -0.15) is 0 Å². The third kappa shape index (κ3) is 5.35. The normalized spacial score (nSPS) is 13.9. The summed E-state index contributed by atoms with van der Waals surface area (Å²) in [6.07, 6.45) is 5.40. The van der Waals surface area contributed by atoms with Gasteiger partial charge >= 0.3 is 0 Å². The fourth-order valence-corrected chi connectivity index (χ4v) is 4.58. The van der Waals surface area contributed by atoms with Crippen LogP contribution in [0.25, 0.3) is 11.0 Å². The van der Waals surface area contributed by atoms with Crippen molar-refractivity contribution in [3.05, 3.63) is 63.7 Å². The van der Waals surface area contributed by atoms with Gasteiger partial charge in [0.2, 0.25) is 11.9 Å². The van der Waals surface area contributed by atoms with Crippen LogP contribution < -0.4 is 11.1 Å². The van der Waals surface area contributed by atoms with Crippen LogP contribution in [0, 0.1) is 10.1 Å². The zero-order chi connectivity index (χ0) is 25.8. The lowest BCUT2D eigenvalue weighted by atomic mass is 9.94. The molecular weight excluding hydrogens is 464 g/mol. The van der Waals surface area contributed by atoms with Crippen molar-refractivity contribution in [1.29, 1.82) is 0 Å². The van der Waals surface area contributed by atoms with Crippen molar-refractivity contribution in [3.63, 3.8) is 0 Å². The summed E-state index contributed by atoms with van der Waals surface area (Å²) < 4.78 is 1.63. The lowest BCUT2D eigenvalue weighted by Crippen LogP contribution is -2.38. The molecule has 3 aromatic rings. The molecule has 0 aliphatic heterocycles. The lowest BCUT2D eigenvalue weighted by molar-refractivity contribution is -0.384. The maximum Gasteiger partial charge on any atom is 0.270 e. The number of imidazole rings is 1. The largest absolute Gasteiger partial charge is 0.370 e. The first kappa shape index (κ1) is 24.8. The fraction of sp³-hybridized carbons (Fsp3) is 0.360. The first-order valence-corrected chi connectivity index (χ1v) is 11.9. The van der Waals surface area contributed by atoms with Gasteiger partial charge in [0.05, 0.1) is 16.0 Å². The van der Waals surface area contributed by atoms with Crippen molar-refractivity contribution in [1.82, 2.24) is 14.5 Å². The highest BCUT2D eigenvalue weighted by molar-refractivity contribution is 6.05. The van der Waals surface area contributed by atoms with E-state index in [0.29, 0.717) is 16.6 Å².